The molecule has 0 fully saturated rings. The lowest BCUT2D eigenvalue weighted by atomic mass is 10.2. The van der Waals surface area contributed by atoms with Crippen LogP contribution in [0.1, 0.15) is 15.9 Å². The van der Waals surface area contributed by atoms with Crippen molar-refractivity contribution in [2.75, 3.05) is 26.3 Å². The third kappa shape index (κ3) is 4.55. The van der Waals surface area contributed by atoms with Gasteiger partial charge in [-0.3, -0.25) is 4.79 Å². The Morgan fingerprint density at radius 3 is 2.25 bits per heavy atom. The molecule has 0 aliphatic heterocycles. The largest absolute Gasteiger partial charge is 0.497 e. The fourth-order valence-corrected chi connectivity index (χ4v) is 3.97. The molecule has 0 spiro atoms. The van der Waals surface area contributed by atoms with Crippen LogP contribution in [-0.2, 0) is 0 Å². The zero-order chi connectivity index (χ0) is 22.5. The van der Waals surface area contributed by atoms with Gasteiger partial charge in [-0.2, -0.15) is 10.1 Å². The van der Waals surface area contributed by atoms with E-state index in [1.165, 1.54) is 30.6 Å². The highest BCUT2D eigenvalue weighted by molar-refractivity contribution is 7.22. The number of rotatable bonds is 7. The minimum atomic E-state index is -0.361. The molecule has 32 heavy (non-hydrogen) atoms. The van der Waals surface area contributed by atoms with Gasteiger partial charge in [0.15, 0.2) is 0 Å². The second-order valence-electron chi connectivity index (χ2n) is 6.70. The summed E-state index contributed by atoms with van der Waals surface area (Å²) in [6.45, 7) is 0. The number of aromatic nitrogens is 1. The van der Waals surface area contributed by atoms with E-state index in [4.69, 9.17) is 14.2 Å². The van der Waals surface area contributed by atoms with Gasteiger partial charge < -0.3 is 14.2 Å². The van der Waals surface area contributed by atoms with Gasteiger partial charge >= 0.3 is 0 Å². The molecule has 0 saturated heterocycles. The van der Waals surface area contributed by atoms with Gasteiger partial charge in [0.25, 0.3) is 5.91 Å². The number of hydrazone groups is 1. The summed E-state index contributed by atoms with van der Waals surface area (Å²) in [5.74, 6) is 1.37. The highest BCUT2D eigenvalue weighted by Crippen LogP contribution is 2.33. The Hall–Kier alpha value is -3.91. The number of benzene rings is 3. The molecule has 1 aromatic heterocycles. The predicted octanol–water partition coefficient (Wildman–Crippen LogP) is 5.00. The van der Waals surface area contributed by atoms with Crippen molar-refractivity contribution in [2.24, 2.45) is 5.10 Å². The zero-order valence-electron chi connectivity index (χ0n) is 17.8. The first-order chi connectivity index (χ1) is 15.6. The smallest absolute Gasteiger partial charge is 0.281 e. The van der Waals surface area contributed by atoms with Crippen LogP contribution in [-0.4, -0.2) is 38.4 Å². The van der Waals surface area contributed by atoms with Gasteiger partial charge in [0, 0.05) is 11.6 Å². The predicted molar refractivity (Wildman–Crippen MR) is 127 cm³/mol. The molecule has 162 valence electrons. The second kappa shape index (κ2) is 9.49. The summed E-state index contributed by atoms with van der Waals surface area (Å²) in [7, 11) is 4.68. The van der Waals surface area contributed by atoms with E-state index < -0.39 is 0 Å². The Morgan fingerprint density at radius 2 is 1.59 bits per heavy atom. The van der Waals surface area contributed by atoms with Crippen molar-refractivity contribution in [3.05, 3.63) is 77.9 Å². The maximum Gasteiger partial charge on any atom is 0.281 e. The first kappa shape index (κ1) is 21.3. The lowest BCUT2D eigenvalue weighted by Gasteiger charge is -2.15. The molecule has 0 aliphatic rings. The van der Waals surface area contributed by atoms with Crippen LogP contribution >= 0.6 is 11.3 Å². The number of carbonyl (C=O) groups excluding carboxylic acids is 1. The molecule has 0 atom stereocenters. The Balaban J connectivity index is 1.79. The Bertz CT molecular complexity index is 1250. The molecule has 0 radical (unpaired) electrons. The van der Waals surface area contributed by atoms with E-state index in [1.54, 1.807) is 31.5 Å². The molecule has 8 heteroatoms. The van der Waals surface area contributed by atoms with Gasteiger partial charge in [0.2, 0.25) is 5.13 Å². The highest BCUT2D eigenvalue weighted by Gasteiger charge is 2.22. The number of carbonyl (C=O) groups is 1. The number of thiazole rings is 1. The Labute approximate surface area is 189 Å². The summed E-state index contributed by atoms with van der Waals surface area (Å²) in [4.78, 5) is 18.2. The third-order valence-electron chi connectivity index (χ3n) is 4.68. The first-order valence-electron chi connectivity index (χ1n) is 9.72. The maximum atomic E-state index is 13.5. The fourth-order valence-electron chi connectivity index (χ4n) is 3.02. The summed E-state index contributed by atoms with van der Waals surface area (Å²) in [6, 6.07) is 20.1. The van der Waals surface area contributed by atoms with Gasteiger partial charge in [0.05, 0.1) is 37.8 Å². The molecule has 4 rings (SSSR count). The maximum absolute atomic E-state index is 13.5. The lowest BCUT2D eigenvalue weighted by molar-refractivity contribution is 0.0987. The molecule has 3 aromatic carbocycles. The normalized spacial score (nSPS) is 11.0. The molecule has 1 amide bonds. The molecule has 4 aromatic rings. The molecule has 1 heterocycles. The van der Waals surface area contributed by atoms with Gasteiger partial charge in [-0.1, -0.05) is 41.7 Å². The van der Waals surface area contributed by atoms with E-state index in [2.05, 4.69) is 10.1 Å². The number of hydrogen-bond donors (Lipinski definition) is 0. The minimum Gasteiger partial charge on any atom is -0.497 e. The first-order valence-corrected chi connectivity index (χ1v) is 10.5. The standard InChI is InChI=1S/C24H21N3O4S/c1-29-18-9-10-21-22(14-18)32-24(26-21)27(25-15-16-7-5-4-6-8-16)23(28)17-11-19(30-2)13-20(12-17)31-3/h4-15H,1-3H3/b25-15+. The van der Waals surface area contributed by atoms with Gasteiger partial charge in [-0.15, -0.1) is 0 Å². The minimum absolute atomic E-state index is 0.361. The van der Waals surface area contributed by atoms with Crippen molar-refractivity contribution in [3.8, 4) is 17.2 Å². The van der Waals surface area contributed by atoms with Crippen molar-refractivity contribution in [3.63, 3.8) is 0 Å². The summed E-state index contributed by atoms with van der Waals surface area (Å²) < 4.78 is 16.8. The van der Waals surface area contributed by atoms with Gasteiger partial charge in [-0.05, 0) is 35.9 Å². The summed E-state index contributed by atoms with van der Waals surface area (Å²) in [6.07, 6.45) is 1.63. The number of hydrogen-bond acceptors (Lipinski definition) is 7. The molecule has 0 saturated carbocycles. The van der Waals surface area contributed by atoms with Gasteiger partial charge in [0.1, 0.15) is 17.2 Å². The van der Waals surface area contributed by atoms with Crippen molar-refractivity contribution in [2.45, 2.75) is 0 Å². The fraction of sp³-hybridized carbons (Fsp3) is 0.125. The zero-order valence-corrected chi connectivity index (χ0v) is 18.6. The Morgan fingerprint density at radius 1 is 0.906 bits per heavy atom. The van der Waals surface area contributed by atoms with Crippen LogP contribution in [0.5, 0.6) is 17.2 Å². The molecule has 7 nitrogen and oxygen atoms in total. The molecule has 0 aliphatic carbocycles. The SMILES string of the molecule is COc1cc(OC)cc(C(=O)N(/N=C/c2ccccc2)c2nc3ccc(OC)cc3s2)c1. The van der Waals surface area contributed by atoms with E-state index in [0.717, 1.165) is 21.5 Å². The van der Waals surface area contributed by atoms with Crippen LogP contribution in [0.3, 0.4) is 0 Å². The molecule has 0 N–H and O–H groups in total. The molecular formula is C24H21N3O4S. The highest BCUT2D eigenvalue weighted by atomic mass is 32.1. The lowest BCUT2D eigenvalue weighted by Crippen LogP contribution is -2.25. The third-order valence-corrected chi connectivity index (χ3v) is 5.67. The van der Waals surface area contributed by atoms with Crippen molar-refractivity contribution < 1.29 is 19.0 Å². The summed E-state index contributed by atoms with van der Waals surface area (Å²) in [5, 5.41) is 6.21. The van der Waals surface area contributed by atoms with Crippen molar-refractivity contribution in [1.82, 2.24) is 4.98 Å². The van der Waals surface area contributed by atoms with Crippen molar-refractivity contribution >= 4 is 38.8 Å². The van der Waals surface area contributed by atoms with Crippen LogP contribution in [0.4, 0.5) is 5.13 Å². The molecular weight excluding hydrogens is 426 g/mol. The number of ether oxygens (including phenoxy) is 3. The quantitative estimate of drug-likeness (QED) is 0.294. The van der Waals surface area contributed by atoms with E-state index in [9.17, 15) is 4.79 Å². The van der Waals surface area contributed by atoms with Crippen molar-refractivity contribution in [1.29, 1.82) is 0 Å². The van der Waals surface area contributed by atoms with Crippen LogP contribution in [0.25, 0.3) is 10.2 Å². The Kier molecular flexibility index (Phi) is 6.32. The average molecular weight is 448 g/mol. The van der Waals surface area contributed by atoms with Crippen LogP contribution in [0.2, 0.25) is 0 Å². The molecule has 0 unspecified atom stereocenters. The number of methoxy groups -OCH3 is 3. The second-order valence-corrected chi connectivity index (χ2v) is 7.71. The number of nitrogens with zero attached hydrogens (tertiary/aromatic N) is 3. The summed E-state index contributed by atoms with van der Waals surface area (Å²) in [5.41, 5.74) is 1.97. The number of amides is 1. The topological polar surface area (TPSA) is 73.3 Å². The monoisotopic (exact) mass is 447 g/mol. The van der Waals surface area contributed by atoms with Gasteiger partial charge in [-0.25, -0.2) is 4.98 Å². The van der Waals surface area contributed by atoms with E-state index in [1.807, 2.05) is 48.5 Å². The van der Waals surface area contributed by atoms with Crippen LogP contribution < -0.4 is 19.2 Å². The van der Waals surface area contributed by atoms with E-state index in [-0.39, 0.29) is 5.91 Å². The van der Waals surface area contributed by atoms with Crippen LogP contribution in [0, 0.1) is 0 Å². The van der Waals surface area contributed by atoms with E-state index in [0.29, 0.717) is 22.2 Å². The average Bonchev–Trinajstić information content (AvgIpc) is 3.27. The van der Waals surface area contributed by atoms with E-state index >= 15 is 0 Å². The molecule has 0 bridgehead atoms. The van der Waals surface area contributed by atoms with Crippen LogP contribution in [0.15, 0.2) is 71.8 Å². The number of fused-ring (bicyclic) bond motifs is 1. The number of anilines is 1. The summed E-state index contributed by atoms with van der Waals surface area (Å²) >= 11 is 1.35.